The molecule has 142 valence electrons. The molecule has 1 aliphatic rings. The van der Waals surface area contributed by atoms with Gasteiger partial charge in [-0.2, -0.15) is 0 Å². The van der Waals surface area contributed by atoms with E-state index in [0.29, 0.717) is 50.2 Å². The van der Waals surface area contributed by atoms with Crippen LogP contribution in [0.3, 0.4) is 0 Å². The lowest BCUT2D eigenvalue weighted by Gasteiger charge is -2.34. The van der Waals surface area contributed by atoms with E-state index in [0.717, 1.165) is 5.69 Å². The van der Waals surface area contributed by atoms with Gasteiger partial charge in [-0.25, -0.2) is 19.9 Å². The molecule has 0 radical (unpaired) electrons. The fraction of sp³-hybridized carbons (Fsp3) is 0.263. The molecule has 4 heterocycles. The van der Waals surface area contributed by atoms with E-state index in [9.17, 15) is 4.79 Å². The van der Waals surface area contributed by atoms with Crippen LogP contribution in [-0.2, 0) is 6.54 Å². The Kier molecular flexibility index (Phi) is 5.32. The molecule has 3 aromatic heterocycles. The third-order valence-electron chi connectivity index (χ3n) is 4.45. The third kappa shape index (κ3) is 4.20. The number of rotatable bonds is 5. The van der Waals surface area contributed by atoms with Gasteiger partial charge in [-0.15, -0.1) is 0 Å². The first kappa shape index (κ1) is 17.8. The van der Waals surface area contributed by atoms with Crippen LogP contribution in [0.1, 0.15) is 16.2 Å². The smallest absolute Gasteiger partial charge is 0.274 e. The minimum atomic E-state index is -0.114. The van der Waals surface area contributed by atoms with Crippen molar-refractivity contribution in [3.8, 4) is 0 Å². The Bertz CT molecular complexity index is 896. The van der Waals surface area contributed by atoms with E-state index in [2.05, 4.69) is 35.1 Å². The van der Waals surface area contributed by atoms with Crippen LogP contribution in [0.15, 0.2) is 55.2 Å². The molecule has 1 amide bonds. The summed E-state index contributed by atoms with van der Waals surface area (Å²) < 4.78 is 0. The van der Waals surface area contributed by atoms with Gasteiger partial charge >= 0.3 is 0 Å². The number of piperazine rings is 1. The average Bonchev–Trinajstić information content (AvgIpc) is 2.79. The number of pyridine rings is 1. The van der Waals surface area contributed by atoms with Crippen molar-refractivity contribution in [3.63, 3.8) is 0 Å². The second-order valence-corrected chi connectivity index (χ2v) is 6.29. The zero-order valence-electron chi connectivity index (χ0n) is 15.3. The van der Waals surface area contributed by atoms with Crippen LogP contribution in [0, 0.1) is 0 Å². The maximum absolute atomic E-state index is 12.7. The highest BCUT2D eigenvalue weighted by molar-refractivity contribution is 5.92. The Morgan fingerprint density at radius 3 is 2.36 bits per heavy atom. The molecule has 9 nitrogen and oxygen atoms in total. The highest BCUT2D eigenvalue weighted by Crippen LogP contribution is 2.12. The summed E-state index contributed by atoms with van der Waals surface area (Å²) in [5.74, 6) is 1.18. The van der Waals surface area contributed by atoms with Crippen LogP contribution in [0.4, 0.5) is 11.8 Å². The minimum Gasteiger partial charge on any atom is -0.363 e. The van der Waals surface area contributed by atoms with Gasteiger partial charge in [0.15, 0.2) is 0 Å². The van der Waals surface area contributed by atoms with Gasteiger partial charge in [0.25, 0.3) is 5.91 Å². The molecule has 9 heteroatoms. The Morgan fingerprint density at radius 1 is 0.893 bits per heavy atom. The van der Waals surface area contributed by atoms with Crippen molar-refractivity contribution in [1.82, 2.24) is 29.8 Å². The lowest BCUT2D eigenvalue weighted by Crippen LogP contribution is -2.49. The maximum Gasteiger partial charge on any atom is 0.274 e. The highest BCUT2D eigenvalue weighted by atomic mass is 16.2. The Morgan fingerprint density at radius 2 is 1.68 bits per heavy atom. The van der Waals surface area contributed by atoms with Crippen molar-refractivity contribution in [1.29, 1.82) is 0 Å². The summed E-state index contributed by atoms with van der Waals surface area (Å²) in [6.07, 6.45) is 8.27. The number of carbonyl (C=O) groups excluding carboxylic acids is 1. The number of carbonyl (C=O) groups is 1. The topological polar surface area (TPSA) is 100 Å². The van der Waals surface area contributed by atoms with E-state index in [4.69, 9.17) is 0 Å². The molecule has 0 bridgehead atoms. The van der Waals surface area contributed by atoms with Gasteiger partial charge in [0.1, 0.15) is 11.5 Å². The Hall–Kier alpha value is -3.62. The molecule has 3 aromatic rings. The van der Waals surface area contributed by atoms with E-state index >= 15 is 0 Å². The van der Waals surface area contributed by atoms with Crippen LogP contribution in [-0.4, -0.2) is 61.9 Å². The van der Waals surface area contributed by atoms with Crippen molar-refractivity contribution in [3.05, 3.63) is 66.6 Å². The zero-order valence-corrected chi connectivity index (χ0v) is 15.3. The predicted molar refractivity (Wildman–Crippen MR) is 104 cm³/mol. The number of amides is 1. The number of nitrogens with one attached hydrogen (secondary N) is 1. The third-order valence-corrected chi connectivity index (χ3v) is 4.45. The number of nitrogens with zero attached hydrogens (tertiary/aromatic N) is 7. The molecule has 0 spiro atoms. The molecule has 1 N–H and O–H groups in total. The van der Waals surface area contributed by atoms with Crippen molar-refractivity contribution >= 4 is 17.7 Å². The monoisotopic (exact) mass is 376 g/mol. The SMILES string of the molecule is O=C(c1cnc(NCc2ccccn2)cn1)N1CCN(c2ncccn2)CC1. The van der Waals surface area contributed by atoms with Gasteiger partial charge < -0.3 is 15.1 Å². The van der Waals surface area contributed by atoms with Crippen LogP contribution >= 0.6 is 0 Å². The van der Waals surface area contributed by atoms with Crippen LogP contribution < -0.4 is 10.2 Å². The van der Waals surface area contributed by atoms with E-state index in [1.54, 1.807) is 35.8 Å². The minimum absolute atomic E-state index is 0.114. The zero-order chi connectivity index (χ0) is 19.2. The summed E-state index contributed by atoms with van der Waals surface area (Å²) in [5.41, 5.74) is 1.25. The van der Waals surface area contributed by atoms with Gasteiger partial charge in [0.2, 0.25) is 5.95 Å². The molecule has 0 unspecified atom stereocenters. The van der Waals surface area contributed by atoms with Crippen LogP contribution in [0.5, 0.6) is 0 Å². The standard InChI is InChI=1S/C19H20N8O/c28-18(26-8-10-27(11-9-26)19-21-6-3-7-22-19)16-13-25-17(14-23-16)24-12-15-4-1-2-5-20-15/h1-7,13-14H,8-12H2,(H,24,25). The molecule has 1 fully saturated rings. The predicted octanol–water partition coefficient (Wildman–Crippen LogP) is 1.24. The molecule has 28 heavy (non-hydrogen) atoms. The van der Waals surface area contributed by atoms with Gasteiger partial charge in [0.05, 0.1) is 24.6 Å². The number of hydrogen-bond acceptors (Lipinski definition) is 8. The number of anilines is 2. The first-order valence-corrected chi connectivity index (χ1v) is 9.07. The van der Waals surface area contributed by atoms with Crippen molar-refractivity contribution in [2.45, 2.75) is 6.54 Å². The summed E-state index contributed by atoms with van der Waals surface area (Å²) in [5, 5.41) is 3.15. The second-order valence-electron chi connectivity index (χ2n) is 6.29. The number of aromatic nitrogens is 5. The number of hydrogen-bond donors (Lipinski definition) is 1. The first-order chi connectivity index (χ1) is 13.8. The largest absolute Gasteiger partial charge is 0.363 e. The van der Waals surface area contributed by atoms with E-state index in [1.165, 1.54) is 6.20 Å². The summed E-state index contributed by atoms with van der Waals surface area (Å²) >= 11 is 0. The summed E-state index contributed by atoms with van der Waals surface area (Å²) in [4.78, 5) is 37.8. The van der Waals surface area contributed by atoms with E-state index < -0.39 is 0 Å². The normalized spacial score (nSPS) is 14.0. The maximum atomic E-state index is 12.7. The molecular formula is C19H20N8O. The molecule has 0 saturated carbocycles. The first-order valence-electron chi connectivity index (χ1n) is 9.07. The fourth-order valence-corrected chi connectivity index (χ4v) is 2.94. The summed E-state index contributed by atoms with van der Waals surface area (Å²) in [7, 11) is 0. The van der Waals surface area contributed by atoms with Gasteiger partial charge in [0, 0.05) is 44.8 Å². The lowest BCUT2D eigenvalue weighted by molar-refractivity contribution is 0.0740. The highest BCUT2D eigenvalue weighted by Gasteiger charge is 2.24. The van der Waals surface area contributed by atoms with Gasteiger partial charge in [-0.3, -0.25) is 9.78 Å². The summed E-state index contributed by atoms with van der Waals surface area (Å²) in [6, 6.07) is 7.52. The molecule has 0 aliphatic carbocycles. The van der Waals surface area contributed by atoms with Crippen LogP contribution in [0.2, 0.25) is 0 Å². The quantitative estimate of drug-likeness (QED) is 0.710. The molecule has 4 rings (SSSR count). The Labute approximate surface area is 162 Å². The lowest BCUT2D eigenvalue weighted by atomic mass is 10.3. The van der Waals surface area contributed by atoms with Gasteiger partial charge in [-0.05, 0) is 18.2 Å². The molecular weight excluding hydrogens is 356 g/mol. The van der Waals surface area contributed by atoms with E-state index in [1.807, 2.05) is 18.2 Å². The summed E-state index contributed by atoms with van der Waals surface area (Å²) in [6.45, 7) is 3.11. The van der Waals surface area contributed by atoms with E-state index in [-0.39, 0.29) is 5.91 Å². The average molecular weight is 376 g/mol. The Balaban J connectivity index is 1.31. The molecule has 0 atom stereocenters. The molecule has 0 aromatic carbocycles. The molecule has 1 aliphatic heterocycles. The van der Waals surface area contributed by atoms with Crippen molar-refractivity contribution in [2.24, 2.45) is 0 Å². The van der Waals surface area contributed by atoms with Crippen molar-refractivity contribution in [2.75, 3.05) is 36.4 Å². The van der Waals surface area contributed by atoms with Crippen LogP contribution in [0.25, 0.3) is 0 Å². The molecule has 1 saturated heterocycles. The second kappa shape index (κ2) is 8.38. The van der Waals surface area contributed by atoms with Gasteiger partial charge in [-0.1, -0.05) is 6.07 Å². The fourth-order valence-electron chi connectivity index (χ4n) is 2.94. The van der Waals surface area contributed by atoms with Crippen molar-refractivity contribution < 1.29 is 4.79 Å².